The molecule has 1 rings (SSSR count). The Bertz CT molecular complexity index is 258. The fraction of sp³-hybridized carbons (Fsp3) is 0.950. The molecule has 22 heavy (non-hydrogen) atoms. The smallest absolute Gasteiger partial charge is 0.308 e. The lowest BCUT2D eigenvalue weighted by Crippen LogP contribution is -2.07. The molecule has 130 valence electrons. The van der Waals surface area contributed by atoms with Crippen LogP contribution in [0.3, 0.4) is 0 Å². The van der Waals surface area contributed by atoms with Crippen LogP contribution in [-0.2, 0) is 9.53 Å². The van der Waals surface area contributed by atoms with Crippen LogP contribution in [0.1, 0.15) is 110 Å². The molecule has 0 spiro atoms. The van der Waals surface area contributed by atoms with Crippen molar-refractivity contribution in [1.82, 2.24) is 0 Å². The second-order valence-corrected chi connectivity index (χ2v) is 7.04. The molecule has 1 saturated carbocycles. The lowest BCUT2D eigenvalue weighted by atomic mass is 10.0. The monoisotopic (exact) mass is 310 g/mol. The normalized spacial score (nSPS) is 14.2. The van der Waals surface area contributed by atoms with Crippen molar-refractivity contribution < 1.29 is 9.53 Å². The molecule has 2 nitrogen and oxygen atoms in total. The van der Waals surface area contributed by atoms with Gasteiger partial charge in [0.2, 0.25) is 0 Å². The molecule has 0 aromatic rings. The SMILES string of the molecule is CCCCCCCCCCCCCCCCOC(=O)C1CC1. The highest BCUT2D eigenvalue weighted by molar-refractivity contribution is 5.74. The predicted molar refractivity (Wildman–Crippen MR) is 94.0 cm³/mol. The van der Waals surface area contributed by atoms with Gasteiger partial charge in [-0.05, 0) is 19.3 Å². The summed E-state index contributed by atoms with van der Waals surface area (Å²) in [6, 6.07) is 0. The lowest BCUT2D eigenvalue weighted by Gasteiger charge is -2.04. The van der Waals surface area contributed by atoms with Crippen molar-refractivity contribution >= 4 is 5.97 Å². The van der Waals surface area contributed by atoms with Crippen molar-refractivity contribution in [2.24, 2.45) is 5.92 Å². The molecule has 0 N–H and O–H groups in total. The molecule has 0 amide bonds. The van der Waals surface area contributed by atoms with Gasteiger partial charge in [-0.3, -0.25) is 4.79 Å². The Balaban J connectivity index is 1.65. The first-order valence-electron chi connectivity index (χ1n) is 10.0. The van der Waals surface area contributed by atoms with Crippen LogP contribution in [-0.4, -0.2) is 12.6 Å². The number of ether oxygens (including phenoxy) is 1. The Morgan fingerprint density at radius 2 is 1.14 bits per heavy atom. The zero-order valence-electron chi connectivity index (χ0n) is 14.9. The molecular formula is C20H38O2. The Morgan fingerprint density at radius 1 is 0.727 bits per heavy atom. The molecule has 0 saturated heterocycles. The van der Waals surface area contributed by atoms with E-state index in [1.807, 2.05) is 0 Å². The van der Waals surface area contributed by atoms with Crippen LogP contribution >= 0.6 is 0 Å². The molecule has 2 heteroatoms. The number of carbonyl (C=O) groups excluding carboxylic acids is 1. The quantitative estimate of drug-likeness (QED) is 0.243. The number of hydrogen-bond donors (Lipinski definition) is 0. The molecule has 0 aromatic heterocycles. The highest BCUT2D eigenvalue weighted by Gasteiger charge is 2.30. The van der Waals surface area contributed by atoms with Gasteiger partial charge < -0.3 is 4.74 Å². The van der Waals surface area contributed by atoms with Crippen molar-refractivity contribution in [1.29, 1.82) is 0 Å². The third-order valence-electron chi connectivity index (χ3n) is 4.65. The first-order valence-corrected chi connectivity index (χ1v) is 10.0. The summed E-state index contributed by atoms with van der Waals surface area (Å²) in [5.41, 5.74) is 0. The van der Waals surface area contributed by atoms with E-state index in [0.717, 1.165) is 19.3 Å². The summed E-state index contributed by atoms with van der Waals surface area (Å²) in [4.78, 5) is 11.3. The van der Waals surface area contributed by atoms with Gasteiger partial charge in [-0.2, -0.15) is 0 Å². The summed E-state index contributed by atoms with van der Waals surface area (Å²) in [5.74, 6) is 0.307. The molecule has 0 heterocycles. The third kappa shape index (κ3) is 12.1. The molecule has 0 radical (unpaired) electrons. The van der Waals surface area contributed by atoms with Crippen LogP contribution in [0.2, 0.25) is 0 Å². The van der Waals surface area contributed by atoms with E-state index in [1.54, 1.807) is 0 Å². The molecule has 1 fully saturated rings. The van der Waals surface area contributed by atoms with E-state index in [9.17, 15) is 4.79 Å². The second kappa shape index (κ2) is 14.1. The predicted octanol–water partition coefficient (Wildman–Crippen LogP) is 6.42. The number of rotatable bonds is 16. The fourth-order valence-electron chi connectivity index (χ4n) is 2.91. The summed E-state index contributed by atoms with van der Waals surface area (Å²) in [6.45, 7) is 2.92. The van der Waals surface area contributed by atoms with Crippen LogP contribution in [0.4, 0.5) is 0 Å². The zero-order chi connectivity index (χ0) is 15.9. The van der Waals surface area contributed by atoms with Gasteiger partial charge in [0.05, 0.1) is 12.5 Å². The first kappa shape index (κ1) is 19.5. The van der Waals surface area contributed by atoms with Gasteiger partial charge in [0, 0.05) is 0 Å². The maximum Gasteiger partial charge on any atom is 0.308 e. The van der Waals surface area contributed by atoms with Gasteiger partial charge in [0.1, 0.15) is 0 Å². The highest BCUT2D eigenvalue weighted by Crippen LogP contribution is 2.30. The van der Waals surface area contributed by atoms with Crippen LogP contribution in [0.5, 0.6) is 0 Å². The summed E-state index contributed by atoms with van der Waals surface area (Å²) in [5, 5.41) is 0. The van der Waals surface area contributed by atoms with Crippen molar-refractivity contribution in [2.75, 3.05) is 6.61 Å². The standard InChI is InChI=1S/C20H38O2/c1-2-3-4-5-6-7-8-9-10-11-12-13-14-15-18-22-20(21)19-16-17-19/h19H,2-18H2,1H3. The van der Waals surface area contributed by atoms with Crippen LogP contribution < -0.4 is 0 Å². The van der Waals surface area contributed by atoms with Crippen LogP contribution in [0, 0.1) is 5.92 Å². The number of carbonyl (C=O) groups is 1. The maximum absolute atomic E-state index is 11.3. The molecule has 0 aromatic carbocycles. The highest BCUT2D eigenvalue weighted by atomic mass is 16.5. The summed E-state index contributed by atoms with van der Waals surface area (Å²) >= 11 is 0. The van der Waals surface area contributed by atoms with E-state index < -0.39 is 0 Å². The van der Waals surface area contributed by atoms with Crippen molar-refractivity contribution in [3.63, 3.8) is 0 Å². The average Bonchev–Trinajstić information content (AvgIpc) is 3.36. The Labute approximate surface area is 138 Å². The summed E-state index contributed by atoms with van der Waals surface area (Å²) in [6.07, 6.45) is 21.2. The second-order valence-electron chi connectivity index (χ2n) is 7.04. The van der Waals surface area contributed by atoms with Crippen molar-refractivity contribution in [2.45, 2.75) is 110 Å². The maximum atomic E-state index is 11.3. The Kier molecular flexibility index (Phi) is 12.5. The molecule has 0 atom stereocenters. The number of esters is 1. The van der Waals surface area contributed by atoms with E-state index in [4.69, 9.17) is 4.74 Å². The van der Waals surface area contributed by atoms with Gasteiger partial charge >= 0.3 is 5.97 Å². The zero-order valence-corrected chi connectivity index (χ0v) is 14.9. The summed E-state index contributed by atoms with van der Waals surface area (Å²) in [7, 11) is 0. The van der Waals surface area contributed by atoms with E-state index in [-0.39, 0.29) is 11.9 Å². The van der Waals surface area contributed by atoms with Crippen LogP contribution in [0.15, 0.2) is 0 Å². The van der Waals surface area contributed by atoms with Gasteiger partial charge in [-0.25, -0.2) is 0 Å². The minimum atomic E-state index is 0.0506. The van der Waals surface area contributed by atoms with E-state index >= 15 is 0 Å². The Morgan fingerprint density at radius 3 is 1.55 bits per heavy atom. The lowest BCUT2D eigenvalue weighted by molar-refractivity contribution is -0.145. The van der Waals surface area contributed by atoms with E-state index in [1.165, 1.54) is 83.5 Å². The molecule has 0 unspecified atom stereocenters. The fourth-order valence-corrected chi connectivity index (χ4v) is 2.91. The molecule has 0 bridgehead atoms. The first-order chi connectivity index (χ1) is 10.8. The minimum Gasteiger partial charge on any atom is -0.465 e. The Hall–Kier alpha value is -0.530. The van der Waals surface area contributed by atoms with E-state index in [0.29, 0.717) is 6.61 Å². The van der Waals surface area contributed by atoms with Gasteiger partial charge in [0.15, 0.2) is 0 Å². The largest absolute Gasteiger partial charge is 0.465 e. The van der Waals surface area contributed by atoms with Crippen LogP contribution in [0.25, 0.3) is 0 Å². The molecule has 0 aliphatic heterocycles. The number of hydrogen-bond acceptors (Lipinski definition) is 2. The third-order valence-corrected chi connectivity index (χ3v) is 4.65. The van der Waals surface area contributed by atoms with Crippen molar-refractivity contribution in [3.8, 4) is 0 Å². The topological polar surface area (TPSA) is 26.3 Å². The molecule has 1 aliphatic rings. The summed E-state index contributed by atoms with van der Waals surface area (Å²) < 4.78 is 5.23. The van der Waals surface area contributed by atoms with Crippen molar-refractivity contribution in [3.05, 3.63) is 0 Å². The average molecular weight is 311 g/mol. The minimum absolute atomic E-state index is 0.0506. The number of unbranched alkanes of at least 4 members (excludes halogenated alkanes) is 13. The van der Waals surface area contributed by atoms with Gasteiger partial charge in [-0.1, -0.05) is 90.4 Å². The van der Waals surface area contributed by atoms with E-state index in [2.05, 4.69) is 6.92 Å². The van der Waals surface area contributed by atoms with Gasteiger partial charge in [-0.15, -0.1) is 0 Å². The van der Waals surface area contributed by atoms with Gasteiger partial charge in [0.25, 0.3) is 0 Å². The molecular weight excluding hydrogens is 272 g/mol. The molecule has 1 aliphatic carbocycles.